The molecule has 1 N–H and O–H groups in total. The van der Waals surface area contributed by atoms with Crippen LogP contribution in [0.3, 0.4) is 0 Å². The molecule has 1 amide bonds. The first-order valence-electron chi connectivity index (χ1n) is 9.09. The zero-order valence-corrected chi connectivity index (χ0v) is 16.2. The van der Waals surface area contributed by atoms with Crippen molar-refractivity contribution < 1.29 is 23.1 Å². The lowest BCUT2D eigenvalue weighted by Crippen LogP contribution is -2.27. The standard InChI is InChI=1S/C21H24F2N2O3/c1-4-18(26)11-17-10-15(7-8-24-17)14(3)25-21(27)16-5-6-19(13(2)9-16)28-12-20(22)23/h5-10,14,20H,4,11-12H2,1-3H3,(H,25,27). The summed E-state index contributed by atoms with van der Waals surface area (Å²) in [5.74, 6) is 0.134. The maximum atomic E-state index is 12.5. The molecule has 1 atom stereocenters. The van der Waals surface area contributed by atoms with Crippen molar-refractivity contribution in [2.75, 3.05) is 6.61 Å². The fraction of sp³-hybridized carbons (Fsp3) is 0.381. The Morgan fingerprint density at radius 1 is 1.21 bits per heavy atom. The molecule has 28 heavy (non-hydrogen) atoms. The molecule has 5 nitrogen and oxygen atoms in total. The highest BCUT2D eigenvalue weighted by atomic mass is 19.3. The maximum absolute atomic E-state index is 12.5. The minimum atomic E-state index is -2.55. The van der Waals surface area contributed by atoms with Gasteiger partial charge in [-0.1, -0.05) is 6.92 Å². The van der Waals surface area contributed by atoms with Crippen molar-refractivity contribution in [1.82, 2.24) is 10.3 Å². The van der Waals surface area contributed by atoms with Crippen LogP contribution in [-0.4, -0.2) is 29.7 Å². The number of carbonyl (C=O) groups is 2. The van der Waals surface area contributed by atoms with E-state index in [1.165, 1.54) is 12.1 Å². The minimum absolute atomic E-state index is 0.103. The lowest BCUT2D eigenvalue weighted by atomic mass is 10.1. The van der Waals surface area contributed by atoms with Gasteiger partial charge < -0.3 is 10.1 Å². The number of halogens is 2. The number of ketones is 1. The zero-order valence-electron chi connectivity index (χ0n) is 16.2. The summed E-state index contributed by atoms with van der Waals surface area (Å²) in [7, 11) is 0. The molecule has 0 aliphatic carbocycles. The van der Waals surface area contributed by atoms with Gasteiger partial charge >= 0.3 is 0 Å². The summed E-state index contributed by atoms with van der Waals surface area (Å²) < 4.78 is 29.6. The van der Waals surface area contributed by atoms with Crippen LogP contribution in [0.5, 0.6) is 5.75 Å². The number of aryl methyl sites for hydroxylation is 1. The molecular weight excluding hydrogens is 366 g/mol. The Labute approximate surface area is 163 Å². The van der Waals surface area contributed by atoms with Gasteiger partial charge in [-0.25, -0.2) is 8.78 Å². The molecule has 2 aromatic rings. The molecule has 0 radical (unpaired) electrons. The number of nitrogens with zero attached hydrogens (tertiary/aromatic N) is 1. The van der Waals surface area contributed by atoms with Crippen LogP contribution in [0.15, 0.2) is 36.5 Å². The van der Waals surface area contributed by atoms with E-state index in [0.717, 1.165) is 5.56 Å². The van der Waals surface area contributed by atoms with Gasteiger partial charge in [-0.15, -0.1) is 0 Å². The van der Waals surface area contributed by atoms with Gasteiger partial charge in [0.2, 0.25) is 0 Å². The van der Waals surface area contributed by atoms with E-state index in [9.17, 15) is 18.4 Å². The molecule has 0 bridgehead atoms. The molecule has 0 saturated heterocycles. The molecule has 0 spiro atoms. The van der Waals surface area contributed by atoms with E-state index in [4.69, 9.17) is 4.74 Å². The van der Waals surface area contributed by atoms with Gasteiger partial charge in [-0.3, -0.25) is 14.6 Å². The first kappa shape index (κ1) is 21.5. The molecule has 1 heterocycles. The van der Waals surface area contributed by atoms with Gasteiger partial charge in [0.25, 0.3) is 12.3 Å². The third-order valence-corrected chi connectivity index (χ3v) is 4.26. The molecule has 1 aromatic carbocycles. The predicted octanol–water partition coefficient (Wildman–Crippen LogP) is 4.05. The van der Waals surface area contributed by atoms with Crippen molar-refractivity contribution in [3.8, 4) is 5.75 Å². The number of hydrogen-bond acceptors (Lipinski definition) is 4. The second-order valence-electron chi connectivity index (χ2n) is 6.53. The number of ether oxygens (including phenoxy) is 1. The highest BCUT2D eigenvalue weighted by Crippen LogP contribution is 2.21. The lowest BCUT2D eigenvalue weighted by molar-refractivity contribution is -0.118. The molecule has 0 aliphatic rings. The van der Waals surface area contributed by atoms with Crippen molar-refractivity contribution >= 4 is 11.7 Å². The number of alkyl halides is 2. The van der Waals surface area contributed by atoms with Gasteiger partial charge in [0.1, 0.15) is 18.1 Å². The van der Waals surface area contributed by atoms with Crippen LogP contribution in [0.4, 0.5) is 8.78 Å². The summed E-state index contributed by atoms with van der Waals surface area (Å²) in [4.78, 5) is 28.3. The van der Waals surface area contributed by atoms with Crippen molar-refractivity contribution in [1.29, 1.82) is 0 Å². The van der Waals surface area contributed by atoms with Crippen molar-refractivity contribution in [2.24, 2.45) is 0 Å². The van der Waals surface area contributed by atoms with E-state index in [0.29, 0.717) is 29.0 Å². The smallest absolute Gasteiger partial charge is 0.272 e. The Bertz CT molecular complexity index is 840. The second-order valence-corrected chi connectivity index (χ2v) is 6.53. The Morgan fingerprint density at radius 3 is 2.61 bits per heavy atom. The number of Topliss-reactive ketones (excluding diaryl/α,β-unsaturated/α-hetero) is 1. The monoisotopic (exact) mass is 390 g/mol. The highest BCUT2D eigenvalue weighted by Gasteiger charge is 2.14. The van der Waals surface area contributed by atoms with E-state index in [-0.39, 0.29) is 24.2 Å². The molecule has 0 aliphatic heterocycles. The van der Waals surface area contributed by atoms with Gasteiger partial charge in [0.15, 0.2) is 0 Å². The summed E-state index contributed by atoms with van der Waals surface area (Å²) in [6.45, 7) is 4.65. The van der Waals surface area contributed by atoms with Crippen molar-refractivity contribution in [2.45, 2.75) is 46.1 Å². The van der Waals surface area contributed by atoms with Crippen LogP contribution in [0, 0.1) is 6.92 Å². The fourth-order valence-corrected chi connectivity index (χ4v) is 2.66. The quantitative estimate of drug-likeness (QED) is 0.702. The van der Waals surface area contributed by atoms with E-state index in [2.05, 4.69) is 10.3 Å². The van der Waals surface area contributed by atoms with Crippen LogP contribution in [0.25, 0.3) is 0 Å². The molecule has 2 rings (SSSR count). The van der Waals surface area contributed by atoms with Crippen LogP contribution in [0.1, 0.15) is 53.5 Å². The lowest BCUT2D eigenvalue weighted by Gasteiger charge is -2.16. The third kappa shape index (κ3) is 6.11. The van der Waals surface area contributed by atoms with E-state index < -0.39 is 13.0 Å². The average molecular weight is 390 g/mol. The van der Waals surface area contributed by atoms with Crippen LogP contribution >= 0.6 is 0 Å². The van der Waals surface area contributed by atoms with Crippen molar-refractivity contribution in [3.63, 3.8) is 0 Å². The molecule has 7 heteroatoms. The van der Waals surface area contributed by atoms with E-state index in [1.807, 2.05) is 13.0 Å². The van der Waals surface area contributed by atoms with E-state index >= 15 is 0 Å². The Balaban J connectivity index is 2.05. The first-order valence-corrected chi connectivity index (χ1v) is 9.09. The van der Waals surface area contributed by atoms with Gasteiger partial charge in [-0.2, -0.15) is 0 Å². The van der Waals surface area contributed by atoms with Crippen LogP contribution in [0.2, 0.25) is 0 Å². The number of aromatic nitrogens is 1. The number of amides is 1. The number of nitrogens with one attached hydrogen (secondary N) is 1. The summed E-state index contributed by atoms with van der Waals surface area (Å²) in [5, 5.41) is 2.89. The summed E-state index contributed by atoms with van der Waals surface area (Å²) in [5.41, 5.74) is 2.52. The first-order chi connectivity index (χ1) is 13.3. The van der Waals surface area contributed by atoms with E-state index in [1.54, 1.807) is 32.2 Å². The second kappa shape index (κ2) is 9.92. The normalized spacial score (nSPS) is 11.9. The zero-order chi connectivity index (χ0) is 20.7. The van der Waals surface area contributed by atoms with Gasteiger partial charge in [-0.05, 0) is 55.3 Å². The number of hydrogen-bond donors (Lipinski definition) is 1. The summed E-state index contributed by atoms with van der Waals surface area (Å²) >= 11 is 0. The molecule has 1 aromatic heterocycles. The molecular formula is C21H24F2N2O3. The Hall–Kier alpha value is -2.83. The van der Waals surface area contributed by atoms with Gasteiger partial charge in [0, 0.05) is 30.3 Å². The van der Waals surface area contributed by atoms with Crippen LogP contribution < -0.4 is 10.1 Å². The molecule has 1 unspecified atom stereocenters. The Kier molecular flexibility index (Phi) is 7.61. The minimum Gasteiger partial charge on any atom is -0.487 e. The number of benzene rings is 1. The average Bonchev–Trinajstić information content (AvgIpc) is 2.66. The van der Waals surface area contributed by atoms with Crippen LogP contribution in [-0.2, 0) is 11.2 Å². The van der Waals surface area contributed by atoms with Gasteiger partial charge in [0.05, 0.1) is 6.04 Å². The molecule has 150 valence electrons. The maximum Gasteiger partial charge on any atom is 0.272 e. The fourth-order valence-electron chi connectivity index (χ4n) is 2.66. The summed E-state index contributed by atoms with van der Waals surface area (Å²) in [6.07, 6.45) is -0.213. The SMILES string of the molecule is CCC(=O)Cc1cc(C(C)NC(=O)c2ccc(OCC(F)F)c(C)c2)ccn1. The Morgan fingerprint density at radius 2 is 1.96 bits per heavy atom. The molecule has 0 fully saturated rings. The molecule has 0 saturated carbocycles. The highest BCUT2D eigenvalue weighted by molar-refractivity contribution is 5.94. The van der Waals surface area contributed by atoms with Crippen molar-refractivity contribution in [3.05, 3.63) is 58.9 Å². The summed E-state index contributed by atoms with van der Waals surface area (Å²) in [6, 6.07) is 7.95. The number of carbonyl (C=O) groups excluding carboxylic acids is 2. The largest absolute Gasteiger partial charge is 0.487 e. The third-order valence-electron chi connectivity index (χ3n) is 4.26. The topological polar surface area (TPSA) is 68.3 Å². The number of pyridine rings is 1. The predicted molar refractivity (Wildman–Crippen MR) is 102 cm³/mol. The number of rotatable bonds is 9.